The van der Waals surface area contributed by atoms with Gasteiger partial charge in [0, 0.05) is 12.8 Å². The molecule has 0 saturated carbocycles. The Labute approximate surface area is 196 Å². The van der Waals surface area contributed by atoms with Gasteiger partial charge in [-0.15, -0.1) is 0 Å². The molecular weight excluding hydrogens is 444 g/mol. The molecule has 0 rings (SSSR count). The van der Waals surface area contributed by atoms with Gasteiger partial charge in [-0.3, -0.25) is 9.59 Å². The number of hydrogen-bond donors (Lipinski definition) is 5. The van der Waals surface area contributed by atoms with E-state index in [9.17, 15) is 9.59 Å². The van der Waals surface area contributed by atoms with Crippen LogP contribution in [-0.4, -0.2) is 123 Å². The van der Waals surface area contributed by atoms with Gasteiger partial charge in [0.05, 0.1) is 85.4 Å². The molecule has 0 saturated heterocycles. The Bertz CT molecular complexity index is 369. The van der Waals surface area contributed by atoms with Gasteiger partial charge in [-0.25, -0.2) is 0 Å². The summed E-state index contributed by atoms with van der Waals surface area (Å²) in [5, 5.41) is 41.2. The zero-order chi connectivity index (χ0) is 25.6. The third-order valence-electron chi connectivity index (χ3n) is 3.16. The number of carbonyl (C=O) groups is 2. The largest absolute Gasteiger partial charge is 0.481 e. The van der Waals surface area contributed by atoms with Crippen molar-refractivity contribution >= 4 is 11.9 Å². The zero-order valence-electron chi connectivity index (χ0n) is 20.0. The van der Waals surface area contributed by atoms with Gasteiger partial charge >= 0.3 is 11.9 Å². The number of carboxylic acid groups (broad SMARTS) is 2. The van der Waals surface area contributed by atoms with Gasteiger partial charge in [-0.2, -0.15) is 0 Å². The van der Waals surface area contributed by atoms with Crippen LogP contribution >= 0.6 is 0 Å². The third kappa shape index (κ3) is 49.0. The first kappa shape index (κ1) is 36.2. The Morgan fingerprint density at radius 2 is 0.879 bits per heavy atom. The molecule has 0 amide bonds. The first-order valence-corrected chi connectivity index (χ1v) is 11.0. The van der Waals surface area contributed by atoms with E-state index >= 15 is 0 Å². The highest BCUT2D eigenvalue weighted by Gasteiger charge is 1.99. The summed E-state index contributed by atoms with van der Waals surface area (Å²) in [7, 11) is 0. The monoisotopic (exact) mass is 488 g/mol. The van der Waals surface area contributed by atoms with Crippen LogP contribution in [0.3, 0.4) is 0 Å². The van der Waals surface area contributed by atoms with E-state index in [1.54, 1.807) is 0 Å². The van der Waals surface area contributed by atoms with Crippen molar-refractivity contribution in [1.82, 2.24) is 0 Å². The fourth-order valence-corrected chi connectivity index (χ4v) is 1.73. The first-order chi connectivity index (χ1) is 15.8. The predicted octanol–water partition coefficient (Wildman–Crippen LogP) is 0.157. The Morgan fingerprint density at radius 1 is 0.576 bits per heavy atom. The lowest BCUT2D eigenvalue weighted by atomic mass is 10.2. The molecule has 0 aromatic carbocycles. The predicted molar refractivity (Wildman–Crippen MR) is 119 cm³/mol. The quantitative estimate of drug-likeness (QED) is 0.138. The van der Waals surface area contributed by atoms with Crippen molar-refractivity contribution in [2.45, 2.75) is 45.6 Å². The van der Waals surface area contributed by atoms with Gasteiger partial charge in [0.2, 0.25) is 0 Å². The molecule has 0 spiro atoms. The molecule has 0 heterocycles. The van der Waals surface area contributed by atoms with Gasteiger partial charge in [-0.05, 0) is 26.7 Å². The van der Waals surface area contributed by atoms with Gasteiger partial charge in [0.25, 0.3) is 0 Å². The number of aliphatic hydroxyl groups is 3. The summed E-state index contributed by atoms with van der Waals surface area (Å²) in [6.45, 7) is 8.46. The number of rotatable bonds is 21. The van der Waals surface area contributed by atoms with Crippen LogP contribution in [0.2, 0.25) is 0 Å². The van der Waals surface area contributed by atoms with E-state index in [4.69, 9.17) is 49.2 Å². The van der Waals surface area contributed by atoms with Crippen LogP contribution in [0, 0.1) is 0 Å². The summed E-state index contributed by atoms with van der Waals surface area (Å²) in [5.41, 5.74) is 0. The lowest BCUT2D eigenvalue weighted by Crippen LogP contribution is -2.12. The smallest absolute Gasteiger partial charge is 0.303 e. The molecular formula is C21H44O12. The number of aliphatic hydroxyl groups excluding tert-OH is 3. The van der Waals surface area contributed by atoms with Crippen LogP contribution in [-0.2, 0) is 33.3 Å². The molecule has 12 nitrogen and oxygen atoms in total. The Kier molecular flexibility index (Phi) is 36.0. The molecule has 0 unspecified atom stereocenters. The van der Waals surface area contributed by atoms with Crippen molar-refractivity contribution in [1.29, 1.82) is 0 Å². The molecule has 0 atom stereocenters. The SMILES string of the molecule is CC(C)OCCOCCOCCO.O=C(O)CCCCC(=O)O.OCCOCCOCCO. The van der Waals surface area contributed by atoms with Crippen LogP contribution < -0.4 is 0 Å². The highest BCUT2D eigenvalue weighted by atomic mass is 16.5. The maximum atomic E-state index is 9.90. The van der Waals surface area contributed by atoms with E-state index in [2.05, 4.69) is 0 Å². The molecule has 0 radical (unpaired) electrons. The van der Waals surface area contributed by atoms with Gasteiger partial charge in [0.15, 0.2) is 0 Å². The average Bonchev–Trinajstić information content (AvgIpc) is 2.76. The van der Waals surface area contributed by atoms with E-state index in [0.29, 0.717) is 72.3 Å². The summed E-state index contributed by atoms with van der Waals surface area (Å²) in [6, 6.07) is 0. The van der Waals surface area contributed by atoms with E-state index in [1.807, 2.05) is 13.8 Å². The number of hydrogen-bond acceptors (Lipinski definition) is 10. The van der Waals surface area contributed by atoms with E-state index in [-0.39, 0.29) is 38.8 Å². The fraction of sp³-hybridized carbons (Fsp3) is 0.905. The lowest BCUT2D eigenvalue weighted by molar-refractivity contribution is -0.139. The number of ether oxygens (including phenoxy) is 5. The standard InChI is InChI=1S/C9H20O4.C6H14O4.C6H10O4/c1-9(2)13-8-7-12-6-5-11-4-3-10;7-1-3-9-5-6-10-4-2-8;7-5(8)3-1-2-4-6(9)10/h9-10H,3-8H2,1-2H3;7-8H,1-6H2;1-4H2,(H,7,8)(H,9,10). The molecule has 0 aliphatic heterocycles. The molecule has 0 aromatic heterocycles. The second-order valence-electron chi connectivity index (χ2n) is 6.53. The van der Waals surface area contributed by atoms with Crippen molar-refractivity contribution in [2.75, 3.05) is 79.3 Å². The molecule has 12 heteroatoms. The number of carboxylic acids is 2. The summed E-state index contributed by atoms with van der Waals surface area (Å²) >= 11 is 0. The Morgan fingerprint density at radius 3 is 1.15 bits per heavy atom. The maximum Gasteiger partial charge on any atom is 0.303 e. The summed E-state index contributed by atoms with van der Waals surface area (Å²) < 4.78 is 25.2. The van der Waals surface area contributed by atoms with Gasteiger partial charge in [0.1, 0.15) is 0 Å². The van der Waals surface area contributed by atoms with Crippen molar-refractivity contribution in [3.8, 4) is 0 Å². The molecule has 5 N–H and O–H groups in total. The minimum atomic E-state index is -0.870. The normalized spacial score (nSPS) is 10.2. The van der Waals surface area contributed by atoms with Crippen molar-refractivity contribution in [2.24, 2.45) is 0 Å². The second-order valence-corrected chi connectivity index (χ2v) is 6.53. The first-order valence-electron chi connectivity index (χ1n) is 11.0. The minimum absolute atomic E-state index is 0.0417. The number of aliphatic carboxylic acids is 2. The van der Waals surface area contributed by atoms with E-state index in [1.165, 1.54) is 0 Å². The van der Waals surface area contributed by atoms with E-state index < -0.39 is 11.9 Å². The van der Waals surface area contributed by atoms with Crippen LogP contribution in [0.25, 0.3) is 0 Å². The maximum absolute atomic E-state index is 9.90. The molecule has 200 valence electrons. The topological polar surface area (TPSA) is 181 Å². The molecule has 33 heavy (non-hydrogen) atoms. The van der Waals surface area contributed by atoms with Crippen molar-refractivity contribution in [3.63, 3.8) is 0 Å². The molecule has 0 fully saturated rings. The van der Waals surface area contributed by atoms with Crippen LogP contribution in [0.4, 0.5) is 0 Å². The molecule has 0 bridgehead atoms. The van der Waals surface area contributed by atoms with Crippen LogP contribution in [0.15, 0.2) is 0 Å². The summed E-state index contributed by atoms with van der Waals surface area (Å²) in [4.78, 5) is 19.8. The summed E-state index contributed by atoms with van der Waals surface area (Å²) in [6.07, 6.45) is 1.28. The summed E-state index contributed by atoms with van der Waals surface area (Å²) in [5.74, 6) is -1.74. The van der Waals surface area contributed by atoms with Crippen molar-refractivity contribution < 1.29 is 58.8 Å². The highest BCUT2D eigenvalue weighted by Crippen LogP contribution is 1.98. The van der Waals surface area contributed by atoms with Gasteiger partial charge < -0.3 is 49.2 Å². The molecule has 0 aromatic rings. The van der Waals surface area contributed by atoms with E-state index in [0.717, 1.165) is 0 Å². The van der Waals surface area contributed by atoms with Crippen LogP contribution in [0.5, 0.6) is 0 Å². The fourth-order valence-electron chi connectivity index (χ4n) is 1.73. The number of unbranched alkanes of at least 4 members (excludes halogenated alkanes) is 1. The highest BCUT2D eigenvalue weighted by molar-refractivity contribution is 5.67. The zero-order valence-corrected chi connectivity index (χ0v) is 20.0. The Hall–Kier alpha value is -1.38. The van der Waals surface area contributed by atoms with Crippen molar-refractivity contribution in [3.05, 3.63) is 0 Å². The molecule has 0 aliphatic rings. The minimum Gasteiger partial charge on any atom is -0.481 e. The van der Waals surface area contributed by atoms with Crippen LogP contribution in [0.1, 0.15) is 39.5 Å². The third-order valence-corrected chi connectivity index (χ3v) is 3.16. The average molecular weight is 489 g/mol. The molecule has 0 aliphatic carbocycles. The second kappa shape index (κ2) is 32.8. The Balaban J connectivity index is -0.000000415. The lowest BCUT2D eigenvalue weighted by Gasteiger charge is -2.07. The van der Waals surface area contributed by atoms with Gasteiger partial charge in [-0.1, -0.05) is 0 Å².